The average molecular weight is 344 g/mol. The number of ether oxygens (including phenoxy) is 2. The lowest BCUT2D eigenvalue weighted by atomic mass is 9.95. The second kappa shape index (κ2) is 6.81. The van der Waals surface area contributed by atoms with Gasteiger partial charge in [0.1, 0.15) is 5.75 Å². The van der Waals surface area contributed by atoms with Gasteiger partial charge in [-0.05, 0) is 24.6 Å². The van der Waals surface area contributed by atoms with Crippen LogP contribution in [0.2, 0.25) is 0 Å². The number of methoxy groups -OCH3 is 1. The fourth-order valence-electron chi connectivity index (χ4n) is 2.26. The average Bonchev–Trinajstić information content (AvgIpc) is 2.51. The van der Waals surface area contributed by atoms with Gasteiger partial charge in [0.25, 0.3) is 0 Å². The van der Waals surface area contributed by atoms with Crippen molar-refractivity contribution in [3.63, 3.8) is 0 Å². The molecule has 9 heteroatoms. The molecule has 0 fully saturated rings. The second-order valence-corrected chi connectivity index (χ2v) is 5.04. The molecule has 1 aliphatic rings. The van der Waals surface area contributed by atoms with E-state index in [1.54, 1.807) is 24.3 Å². The van der Waals surface area contributed by atoms with Crippen LogP contribution in [0.3, 0.4) is 0 Å². The Morgan fingerprint density at radius 3 is 2.67 bits per heavy atom. The number of rotatable bonds is 4. The van der Waals surface area contributed by atoms with Crippen molar-refractivity contribution in [2.45, 2.75) is 19.1 Å². The van der Waals surface area contributed by atoms with E-state index in [0.717, 1.165) is 0 Å². The molecule has 2 amide bonds. The summed E-state index contributed by atoms with van der Waals surface area (Å²) in [4.78, 5) is 23.8. The lowest BCUT2D eigenvalue weighted by molar-refractivity contribution is -0.183. The SMILES string of the molecule is COc1cccc([C@H]2NC(=O)NC(C)=C2C(=O)OCC(F)(F)F)c1. The first-order chi connectivity index (χ1) is 11.2. The summed E-state index contributed by atoms with van der Waals surface area (Å²) in [6.07, 6.45) is -4.64. The summed E-state index contributed by atoms with van der Waals surface area (Å²) in [6.45, 7) is -0.294. The quantitative estimate of drug-likeness (QED) is 0.823. The van der Waals surface area contributed by atoms with E-state index in [1.165, 1.54) is 14.0 Å². The van der Waals surface area contributed by atoms with Crippen molar-refractivity contribution >= 4 is 12.0 Å². The van der Waals surface area contributed by atoms with E-state index in [-0.39, 0.29) is 11.3 Å². The van der Waals surface area contributed by atoms with Crippen molar-refractivity contribution in [2.75, 3.05) is 13.7 Å². The summed E-state index contributed by atoms with van der Waals surface area (Å²) in [6, 6.07) is 4.95. The maximum absolute atomic E-state index is 12.3. The van der Waals surface area contributed by atoms with E-state index in [1.807, 2.05) is 0 Å². The first-order valence-corrected chi connectivity index (χ1v) is 6.87. The summed E-state index contributed by atoms with van der Waals surface area (Å²) < 4.78 is 46.2. The highest BCUT2D eigenvalue weighted by molar-refractivity contribution is 5.95. The fourth-order valence-corrected chi connectivity index (χ4v) is 2.26. The number of hydrogen-bond donors (Lipinski definition) is 2. The molecule has 0 radical (unpaired) electrons. The number of alkyl halides is 3. The minimum absolute atomic E-state index is 0.105. The van der Waals surface area contributed by atoms with Gasteiger partial charge in [0, 0.05) is 5.70 Å². The predicted molar refractivity (Wildman–Crippen MR) is 77.1 cm³/mol. The van der Waals surface area contributed by atoms with Crippen molar-refractivity contribution in [2.24, 2.45) is 0 Å². The third-order valence-electron chi connectivity index (χ3n) is 3.28. The molecule has 130 valence electrons. The summed E-state index contributed by atoms with van der Waals surface area (Å²) in [7, 11) is 1.44. The topological polar surface area (TPSA) is 76.7 Å². The zero-order chi connectivity index (χ0) is 17.9. The van der Waals surface area contributed by atoms with Crippen LogP contribution in [-0.2, 0) is 9.53 Å². The highest BCUT2D eigenvalue weighted by Crippen LogP contribution is 2.30. The molecule has 6 nitrogen and oxygen atoms in total. The molecule has 1 aliphatic heterocycles. The Bertz CT molecular complexity index is 686. The van der Waals surface area contributed by atoms with Crippen LogP contribution in [0.25, 0.3) is 0 Å². The fraction of sp³-hybridized carbons (Fsp3) is 0.333. The zero-order valence-corrected chi connectivity index (χ0v) is 12.9. The Labute approximate surface area is 135 Å². The molecule has 0 saturated heterocycles. The van der Waals surface area contributed by atoms with E-state index in [2.05, 4.69) is 15.4 Å². The van der Waals surface area contributed by atoms with Crippen LogP contribution < -0.4 is 15.4 Å². The van der Waals surface area contributed by atoms with Crippen LogP contribution in [0.1, 0.15) is 18.5 Å². The molecule has 2 N–H and O–H groups in total. The van der Waals surface area contributed by atoms with E-state index < -0.39 is 30.8 Å². The molecule has 0 aliphatic carbocycles. The summed E-state index contributed by atoms with van der Waals surface area (Å²) in [5, 5.41) is 4.85. The van der Waals surface area contributed by atoms with Gasteiger partial charge in [0.2, 0.25) is 0 Å². The van der Waals surface area contributed by atoms with Crippen LogP contribution in [-0.4, -0.2) is 31.9 Å². The number of hydrogen-bond acceptors (Lipinski definition) is 4. The summed E-state index contributed by atoms with van der Waals surface area (Å²) in [5.74, 6) is -0.689. The van der Waals surface area contributed by atoms with Gasteiger partial charge < -0.3 is 20.1 Å². The van der Waals surface area contributed by atoms with Crippen LogP contribution in [0.4, 0.5) is 18.0 Å². The molecule has 1 atom stereocenters. The van der Waals surface area contributed by atoms with Gasteiger partial charge in [-0.1, -0.05) is 12.1 Å². The molecule has 0 saturated carbocycles. The molecule has 24 heavy (non-hydrogen) atoms. The highest BCUT2D eigenvalue weighted by atomic mass is 19.4. The standard InChI is InChI=1S/C15H15F3N2O4/c1-8-11(13(21)24-7-15(16,17)18)12(20-14(22)19-8)9-4-3-5-10(6-9)23-2/h3-6,12H,7H2,1-2H3,(H2,19,20,22)/t12-/m1/s1. The smallest absolute Gasteiger partial charge is 0.422 e. The number of allylic oxidation sites excluding steroid dienone is 1. The van der Waals surface area contributed by atoms with Crippen molar-refractivity contribution in [1.82, 2.24) is 10.6 Å². The van der Waals surface area contributed by atoms with Gasteiger partial charge in [0.05, 0.1) is 18.7 Å². The second-order valence-electron chi connectivity index (χ2n) is 5.04. The number of amides is 2. The van der Waals surface area contributed by atoms with E-state index in [0.29, 0.717) is 11.3 Å². The number of carbonyl (C=O) groups is 2. The largest absolute Gasteiger partial charge is 0.497 e. The molecule has 0 spiro atoms. The molecule has 1 heterocycles. The van der Waals surface area contributed by atoms with Gasteiger partial charge in [0.15, 0.2) is 6.61 Å². The first-order valence-electron chi connectivity index (χ1n) is 6.87. The maximum atomic E-state index is 12.3. The predicted octanol–water partition coefficient (Wildman–Crippen LogP) is 2.43. The minimum Gasteiger partial charge on any atom is -0.497 e. The minimum atomic E-state index is -4.64. The van der Waals surface area contributed by atoms with Gasteiger partial charge in [-0.25, -0.2) is 9.59 Å². The molecule has 0 aromatic heterocycles. The monoisotopic (exact) mass is 344 g/mol. The number of esters is 1. The van der Waals surface area contributed by atoms with E-state index in [9.17, 15) is 22.8 Å². The van der Waals surface area contributed by atoms with Gasteiger partial charge >= 0.3 is 18.2 Å². The van der Waals surface area contributed by atoms with E-state index in [4.69, 9.17) is 4.74 Å². The molecule has 1 aromatic rings. The van der Waals surface area contributed by atoms with Crippen molar-refractivity contribution < 1.29 is 32.2 Å². The number of benzene rings is 1. The Kier molecular flexibility index (Phi) is 5.01. The van der Waals surface area contributed by atoms with Gasteiger partial charge in [-0.3, -0.25) is 0 Å². The third-order valence-corrected chi connectivity index (χ3v) is 3.28. The lowest BCUT2D eigenvalue weighted by Gasteiger charge is -2.28. The van der Waals surface area contributed by atoms with E-state index >= 15 is 0 Å². The number of nitrogens with one attached hydrogen (secondary N) is 2. The maximum Gasteiger partial charge on any atom is 0.422 e. The Hall–Kier alpha value is -2.71. The zero-order valence-electron chi connectivity index (χ0n) is 12.9. The van der Waals surface area contributed by atoms with Crippen LogP contribution in [0.5, 0.6) is 5.75 Å². The third kappa shape index (κ3) is 4.18. The number of halogens is 3. The van der Waals surface area contributed by atoms with Crippen LogP contribution in [0.15, 0.2) is 35.5 Å². The number of urea groups is 1. The van der Waals surface area contributed by atoms with Gasteiger partial charge in [-0.15, -0.1) is 0 Å². The Morgan fingerprint density at radius 1 is 1.33 bits per heavy atom. The van der Waals surface area contributed by atoms with Crippen molar-refractivity contribution in [3.05, 3.63) is 41.1 Å². The normalized spacial score (nSPS) is 17.9. The lowest BCUT2D eigenvalue weighted by Crippen LogP contribution is -2.45. The van der Waals surface area contributed by atoms with Crippen molar-refractivity contribution in [3.8, 4) is 5.75 Å². The van der Waals surface area contributed by atoms with Crippen LogP contribution in [0, 0.1) is 0 Å². The molecule has 0 bridgehead atoms. The molecule has 1 aromatic carbocycles. The van der Waals surface area contributed by atoms with Crippen LogP contribution >= 0.6 is 0 Å². The Balaban J connectivity index is 2.34. The molecular weight excluding hydrogens is 329 g/mol. The number of carbonyl (C=O) groups excluding carboxylic acids is 2. The van der Waals surface area contributed by atoms with Crippen molar-refractivity contribution in [1.29, 1.82) is 0 Å². The molecule has 0 unspecified atom stereocenters. The first kappa shape index (κ1) is 17.6. The molecule has 2 rings (SSSR count). The summed E-state index contributed by atoms with van der Waals surface area (Å²) >= 11 is 0. The highest BCUT2D eigenvalue weighted by Gasteiger charge is 2.35. The van der Waals surface area contributed by atoms with Gasteiger partial charge in [-0.2, -0.15) is 13.2 Å². The Morgan fingerprint density at radius 2 is 2.04 bits per heavy atom. The summed E-state index contributed by atoms with van der Waals surface area (Å²) in [5.41, 5.74) is 0.494. The molecular formula is C15H15F3N2O4.